The molecule has 0 saturated carbocycles. The number of hydrogen-bond donors (Lipinski definition) is 0. The van der Waals surface area contributed by atoms with Crippen LogP contribution in [0.2, 0.25) is 0 Å². The summed E-state index contributed by atoms with van der Waals surface area (Å²) in [5, 5.41) is 0. The lowest BCUT2D eigenvalue weighted by atomic mass is 10.0. The molecule has 104 valence electrons. The van der Waals surface area contributed by atoms with E-state index in [1.54, 1.807) is 24.3 Å². The Morgan fingerprint density at radius 3 is 2.25 bits per heavy atom. The van der Waals surface area contributed by atoms with E-state index in [2.05, 4.69) is 4.74 Å². The van der Waals surface area contributed by atoms with E-state index >= 15 is 0 Å². The van der Waals surface area contributed by atoms with Gasteiger partial charge < -0.3 is 4.74 Å². The molecule has 0 atom stereocenters. The molecule has 0 N–H and O–H groups in total. The zero-order valence-corrected chi connectivity index (χ0v) is 10.6. The van der Waals surface area contributed by atoms with Crippen molar-refractivity contribution in [1.82, 2.24) is 0 Å². The quantitative estimate of drug-likeness (QED) is 0.790. The molecule has 0 unspecified atom stereocenters. The minimum Gasteiger partial charge on any atom is -0.406 e. The maximum Gasteiger partial charge on any atom is 0.573 e. The molecular weight excluding hydrogens is 269 g/mol. The van der Waals surface area contributed by atoms with Crippen molar-refractivity contribution in [2.45, 2.75) is 13.3 Å². The van der Waals surface area contributed by atoms with E-state index in [4.69, 9.17) is 0 Å². The van der Waals surface area contributed by atoms with Crippen LogP contribution in [0.15, 0.2) is 48.5 Å². The molecule has 0 bridgehead atoms. The number of aryl methyl sites for hydroxylation is 1. The van der Waals surface area contributed by atoms with Crippen LogP contribution in [0.4, 0.5) is 13.2 Å². The monoisotopic (exact) mass is 280 g/mol. The maximum atomic E-state index is 12.1. The summed E-state index contributed by atoms with van der Waals surface area (Å²) in [5.41, 5.74) is 1.56. The fourth-order valence-electron chi connectivity index (χ4n) is 1.71. The number of hydrogen-bond acceptors (Lipinski definition) is 2. The fraction of sp³-hybridized carbons (Fsp3) is 0.133. The lowest BCUT2D eigenvalue weighted by Gasteiger charge is -2.09. The number of carbonyl (C=O) groups excluding carboxylic acids is 1. The normalized spacial score (nSPS) is 11.2. The van der Waals surface area contributed by atoms with Gasteiger partial charge in [0.2, 0.25) is 0 Å². The number of alkyl halides is 3. The molecule has 2 rings (SSSR count). The third-order valence-corrected chi connectivity index (χ3v) is 2.64. The molecule has 0 amide bonds. The van der Waals surface area contributed by atoms with Gasteiger partial charge in [-0.3, -0.25) is 4.79 Å². The lowest BCUT2D eigenvalue weighted by Crippen LogP contribution is -2.17. The third kappa shape index (κ3) is 3.60. The average Bonchev–Trinajstić information content (AvgIpc) is 2.37. The molecular formula is C15H11F3O2. The van der Waals surface area contributed by atoms with Gasteiger partial charge in [0, 0.05) is 11.1 Å². The Balaban J connectivity index is 2.26. The van der Waals surface area contributed by atoms with Gasteiger partial charge in [-0.25, -0.2) is 0 Å². The molecule has 20 heavy (non-hydrogen) atoms. The van der Waals surface area contributed by atoms with Crippen molar-refractivity contribution in [3.05, 3.63) is 65.2 Å². The highest BCUT2D eigenvalue weighted by Crippen LogP contribution is 2.24. The highest BCUT2D eigenvalue weighted by molar-refractivity contribution is 6.09. The smallest absolute Gasteiger partial charge is 0.406 e. The zero-order chi connectivity index (χ0) is 14.8. The van der Waals surface area contributed by atoms with Gasteiger partial charge in [0.05, 0.1) is 0 Å². The van der Waals surface area contributed by atoms with E-state index in [0.717, 1.165) is 17.7 Å². The van der Waals surface area contributed by atoms with Crippen molar-refractivity contribution >= 4 is 5.78 Å². The topological polar surface area (TPSA) is 26.3 Å². The number of halogens is 3. The molecule has 0 aliphatic heterocycles. The van der Waals surface area contributed by atoms with Gasteiger partial charge in [-0.2, -0.15) is 0 Å². The molecule has 0 aliphatic carbocycles. The Bertz CT molecular complexity index is 616. The number of ketones is 1. The van der Waals surface area contributed by atoms with Crippen LogP contribution in [0.25, 0.3) is 0 Å². The summed E-state index contributed by atoms with van der Waals surface area (Å²) in [5.74, 6) is -0.756. The summed E-state index contributed by atoms with van der Waals surface area (Å²) in [6.45, 7) is 1.88. The summed E-state index contributed by atoms with van der Waals surface area (Å²) in [6, 6.07) is 11.8. The largest absolute Gasteiger partial charge is 0.573 e. The first kappa shape index (κ1) is 14.1. The molecule has 0 radical (unpaired) electrons. The molecule has 0 spiro atoms. The van der Waals surface area contributed by atoms with Gasteiger partial charge in [0.1, 0.15) is 5.75 Å². The molecule has 0 aromatic heterocycles. The molecule has 5 heteroatoms. The Hall–Kier alpha value is -2.30. The van der Waals surface area contributed by atoms with Gasteiger partial charge in [-0.1, -0.05) is 42.0 Å². The molecule has 0 saturated heterocycles. The molecule has 0 aliphatic rings. The first-order valence-electron chi connectivity index (χ1n) is 5.82. The summed E-state index contributed by atoms with van der Waals surface area (Å²) in [6.07, 6.45) is -4.77. The molecule has 2 aromatic carbocycles. The fourth-order valence-corrected chi connectivity index (χ4v) is 1.71. The maximum absolute atomic E-state index is 12.1. The minimum atomic E-state index is -4.77. The molecule has 2 nitrogen and oxygen atoms in total. The van der Waals surface area contributed by atoms with Crippen LogP contribution in [0.1, 0.15) is 21.5 Å². The van der Waals surface area contributed by atoms with Crippen LogP contribution in [0.5, 0.6) is 5.75 Å². The highest BCUT2D eigenvalue weighted by Gasteiger charge is 2.31. The van der Waals surface area contributed by atoms with Crippen molar-refractivity contribution in [2.75, 3.05) is 0 Å². The number of ether oxygens (including phenoxy) is 1. The van der Waals surface area contributed by atoms with Crippen LogP contribution in [0.3, 0.4) is 0 Å². The molecule has 0 heterocycles. The van der Waals surface area contributed by atoms with Crippen molar-refractivity contribution in [1.29, 1.82) is 0 Å². The Kier molecular flexibility index (Phi) is 3.79. The SMILES string of the molecule is Cc1ccc(C(=O)c2cccc(OC(F)(F)F)c2)cc1. The predicted molar refractivity (Wildman–Crippen MR) is 67.7 cm³/mol. The molecule has 0 fully saturated rings. The van der Waals surface area contributed by atoms with Crippen molar-refractivity contribution in [3.63, 3.8) is 0 Å². The first-order chi connectivity index (χ1) is 9.35. The van der Waals surface area contributed by atoms with Gasteiger partial charge in [0.15, 0.2) is 5.78 Å². The Morgan fingerprint density at radius 2 is 1.65 bits per heavy atom. The Labute approximate surface area is 113 Å². The van der Waals surface area contributed by atoms with Crippen molar-refractivity contribution in [2.24, 2.45) is 0 Å². The summed E-state index contributed by atoms with van der Waals surface area (Å²) in [7, 11) is 0. The van der Waals surface area contributed by atoms with Gasteiger partial charge in [-0.05, 0) is 19.1 Å². The summed E-state index contributed by atoms with van der Waals surface area (Å²) < 4.78 is 40.2. The summed E-state index contributed by atoms with van der Waals surface area (Å²) >= 11 is 0. The van der Waals surface area contributed by atoms with Crippen LogP contribution in [0, 0.1) is 6.92 Å². The van der Waals surface area contributed by atoms with Crippen LogP contribution < -0.4 is 4.74 Å². The van der Waals surface area contributed by atoms with E-state index in [0.29, 0.717) is 5.56 Å². The highest BCUT2D eigenvalue weighted by atomic mass is 19.4. The van der Waals surface area contributed by atoms with E-state index < -0.39 is 12.1 Å². The van der Waals surface area contributed by atoms with Crippen LogP contribution >= 0.6 is 0 Å². The average molecular weight is 280 g/mol. The van der Waals surface area contributed by atoms with Crippen LogP contribution in [-0.2, 0) is 0 Å². The second-order valence-electron chi connectivity index (χ2n) is 4.27. The van der Waals surface area contributed by atoms with E-state index in [1.807, 2.05) is 6.92 Å². The van der Waals surface area contributed by atoms with Crippen molar-refractivity contribution < 1.29 is 22.7 Å². The second-order valence-corrected chi connectivity index (χ2v) is 4.27. The predicted octanol–water partition coefficient (Wildman–Crippen LogP) is 4.12. The van der Waals surface area contributed by atoms with Gasteiger partial charge in [-0.15, -0.1) is 13.2 Å². The lowest BCUT2D eigenvalue weighted by molar-refractivity contribution is -0.274. The zero-order valence-electron chi connectivity index (χ0n) is 10.6. The molecule has 2 aromatic rings. The van der Waals surface area contributed by atoms with Crippen LogP contribution in [-0.4, -0.2) is 12.1 Å². The van der Waals surface area contributed by atoms with Gasteiger partial charge in [0.25, 0.3) is 0 Å². The number of rotatable bonds is 3. The third-order valence-electron chi connectivity index (χ3n) is 2.64. The first-order valence-corrected chi connectivity index (χ1v) is 5.82. The minimum absolute atomic E-state index is 0.149. The van der Waals surface area contributed by atoms with Gasteiger partial charge >= 0.3 is 6.36 Å². The van der Waals surface area contributed by atoms with E-state index in [9.17, 15) is 18.0 Å². The van der Waals surface area contributed by atoms with E-state index in [1.165, 1.54) is 12.1 Å². The summed E-state index contributed by atoms with van der Waals surface area (Å²) in [4.78, 5) is 12.1. The van der Waals surface area contributed by atoms with E-state index in [-0.39, 0.29) is 11.3 Å². The number of carbonyl (C=O) groups is 1. The standard InChI is InChI=1S/C15H11F3O2/c1-10-5-7-11(8-6-10)14(19)12-3-2-4-13(9-12)20-15(16,17)18/h2-9H,1H3. The van der Waals surface area contributed by atoms with Crippen molar-refractivity contribution in [3.8, 4) is 5.75 Å². The Morgan fingerprint density at radius 1 is 1.00 bits per heavy atom. The second kappa shape index (κ2) is 5.36. The number of benzene rings is 2.